The predicted octanol–water partition coefficient (Wildman–Crippen LogP) is 4.32. The van der Waals surface area contributed by atoms with Crippen molar-refractivity contribution in [1.29, 1.82) is 0 Å². The van der Waals surface area contributed by atoms with Gasteiger partial charge in [0, 0.05) is 43.0 Å². The van der Waals surface area contributed by atoms with Crippen LogP contribution in [0.4, 0.5) is 10.1 Å². The van der Waals surface area contributed by atoms with Crippen molar-refractivity contribution in [3.63, 3.8) is 0 Å². The van der Waals surface area contributed by atoms with Gasteiger partial charge in [-0.2, -0.15) is 5.10 Å². The quantitative estimate of drug-likeness (QED) is 0.472. The summed E-state index contributed by atoms with van der Waals surface area (Å²) in [7, 11) is 2.06. The lowest BCUT2D eigenvalue weighted by molar-refractivity contribution is 0.630. The molecule has 0 saturated carbocycles. The summed E-state index contributed by atoms with van der Waals surface area (Å²) in [5.74, 6) is 0.318. The lowest BCUT2D eigenvalue weighted by atomic mass is 10.2. The summed E-state index contributed by atoms with van der Waals surface area (Å²) < 4.78 is 13.7. The van der Waals surface area contributed by atoms with Crippen molar-refractivity contribution < 1.29 is 4.39 Å². The number of hydrogen-bond donors (Lipinski definition) is 2. The molecule has 0 aliphatic heterocycles. The third-order valence-electron chi connectivity index (χ3n) is 5.08. The van der Waals surface area contributed by atoms with E-state index in [0.717, 1.165) is 40.9 Å². The molecule has 5 rings (SSSR count). The molecule has 3 heterocycles. The number of aromatic amines is 2. The normalized spacial score (nSPS) is 11.4. The zero-order chi connectivity index (χ0) is 19.8. The van der Waals surface area contributed by atoms with Crippen molar-refractivity contribution in [2.24, 2.45) is 0 Å². The van der Waals surface area contributed by atoms with Crippen LogP contribution in [-0.2, 0) is 6.42 Å². The van der Waals surface area contributed by atoms with E-state index in [1.54, 1.807) is 6.07 Å². The summed E-state index contributed by atoms with van der Waals surface area (Å²) in [6.07, 6.45) is 2.69. The minimum absolute atomic E-state index is 0.298. The minimum Gasteiger partial charge on any atom is -0.374 e. The molecule has 144 valence electrons. The van der Waals surface area contributed by atoms with Gasteiger partial charge in [-0.05, 0) is 48.5 Å². The van der Waals surface area contributed by atoms with Crippen molar-refractivity contribution >= 4 is 27.6 Å². The lowest BCUT2D eigenvalue weighted by Gasteiger charge is -2.19. The molecule has 2 N–H and O–H groups in total. The number of likely N-dealkylation sites (N-methyl/N-ethyl adjacent to an activating group) is 1. The second kappa shape index (κ2) is 7.01. The number of anilines is 1. The molecule has 0 saturated heterocycles. The van der Waals surface area contributed by atoms with Gasteiger partial charge in [-0.1, -0.05) is 6.07 Å². The molecule has 0 atom stereocenters. The largest absolute Gasteiger partial charge is 0.374 e. The standard InChI is InChI=1S/C22H19FN6/c1-29(11-9-15-4-2-3-10-24-15)16-6-8-19-20(13-16)26-22(25-19)21-17-12-14(23)5-7-18(17)27-28-21/h2-8,10,12-13H,9,11H2,1H3,(H,25,26)(H,27,28). The third kappa shape index (κ3) is 3.31. The Hall–Kier alpha value is -3.74. The SMILES string of the molecule is CN(CCc1ccccn1)c1ccc2nc(-c3n[nH]c4ccc(F)cc34)[nH]c2c1. The van der Waals surface area contributed by atoms with Crippen molar-refractivity contribution in [3.8, 4) is 11.5 Å². The van der Waals surface area contributed by atoms with Gasteiger partial charge in [-0.3, -0.25) is 10.1 Å². The van der Waals surface area contributed by atoms with Gasteiger partial charge in [0.1, 0.15) is 11.5 Å². The van der Waals surface area contributed by atoms with E-state index in [1.165, 1.54) is 12.1 Å². The Morgan fingerprint density at radius 2 is 1.97 bits per heavy atom. The summed E-state index contributed by atoms with van der Waals surface area (Å²) in [6, 6.07) is 16.6. The Bertz CT molecular complexity index is 1290. The van der Waals surface area contributed by atoms with Crippen molar-refractivity contribution in [2.45, 2.75) is 6.42 Å². The van der Waals surface area contributed by atoms with Crippen molar-refractivity contribution in [2.75, 3.05) is 18.5 Å². The molecule has 7 heteroatoms. The summed E-state index contributed by atoms with van der Waals surface area (Å²) in [6.45, 7) is 0.854. The van der Waals surface area contributed by atoms with Gasteiger partial charge in [0.25, 0.3) is 0 Å². The van der Waals surface area contributed by atoms with E-state index in [0.29, 0.717) is 16.9 Å². The second-order valence-electron chi connectivity index (χ2n) is 7.04. The first kappa shape index (κ1) is 17.4. The van der Waals surface area contributed by atoms with Crippen LogP contribution in [0, 0.1) is 5.82 Å². The molecule has 0 radical (unpaired) electrons. The number of benzene rings is 2. The van der Waals surface area contributed by atoms with Crippen LogP contribution in [0.5, 0.6) is 0 Å². The Morgan fingerprint density at radius 1 is 1.03 bits per heavy atom. The van der Waals surface area contributed by atoms with Gasteiger partial charge in [0.2, 0.25) is 0 Å². The summed E-state index contributed by atoms with van der Waals surface area (Å²) in [5, 5.41) is 7.95. The highest BCUT2D eigenvalue weighted by molar-refractivity contribution is 5.93. The van der Waals surface area contributed by atoms with Gasteiger partial charge in [0.05, 0.1) is 16.6 Å². The van der Waals surface area contributed by atoms with Gasteiger partial charge >= 0.3 is 0 Å². The molecule has 5 aromatic rings. The van der Waals surface area contributed by atoms with Crippen LogP contribution in [0.25, 0.3) is 33.5 Å². The Balaban J connectivity index is 1.43. The van der Waals surface area contributed by atoms with Crippen LogP contribution in [0.2, 0.25) is 0 Å². The van der Waals surface area contributed by atoms with E-state index < -0.39 is 0 Å². The average molecular weight is 386 g/mol. The number of halogens is 1. The highest BCUT2D eigenvalue weighted by Gasteiger charge is 2.14. The fourth-order valence-corrected chi connectivity index (χ4v) is 3.47. The second-order valence-corrected chi connectivity index (χ2v) is 7.04. The van der Waals surface area contributed by atoms with E-state index in [-0.39, 0.29) is 5.82 Å². The monoisotopic (exact) mass is 386 g/mol. The zero-order valence-corrected chi connectivity index (χ0v) is 15.9. The maximum atomic E-state index is 13.7. The maximum absolute atomic E-state index is 13.7. The fourth-order valence-electron chi connectivity index (χ4n) is 3.47. The number of nitrogens with one attached hydrogen (secondary N) is 2. The predicted molar refractivity (Wildman–Crippen MR) is 112 cm³/mol. The van der Waals surface area contributed by atoms with E-state index in [9.17, 15) is 4.39 Å². The van der Waals surface area contributed by atoms with Gasteiger partial charge in [-0.25, -0.2) is 9.37 Å². The highest BCUT2D eigenvalue weighted by Crippen LogP contribution is 2.28. The molecule has 29 heavy (non-hydrogen) atoms. The first-order chi connectivity index (χ1) is 14.2. The van der Waals surface area contributed by atoms with Crippen LogP contribution >= 0.6 is 0 Å². The first-order valence-corrected chi connectivity index (χ1v) is 9.42. The lowest BCUT2D eigenvalue weighted by Crippen LogP contribution is -2.20. The molecule has 0 spiro atoms. The van der Waals surface area contributed by atoms with Crippen LogP contribution in [-0.4, -0.2) is 38.7 Å². The third-order valence-corrected chi connectivity index (χ3v) is 5.08. The molecule has 2 aromatic carbocycles. The van der Waals surface area contributed by atoms with Gasteiger partial charge in [-0.15, -0.1) is 0 Å². The van der Waals surface area contributed by atoms with Crippen LogP contribution in [0.15, 0.2) is 60.8 Å². The summed E-state index contributed by atoms with van der Waals surface area (Å²) in [4.78, 5) is 14.5. The Labute approximate surface area is 166 Å². The number of imidazole rings is 1. The smallest absolute Gasteiger partial charge is 0.159 e. The first-order valence-electron chi connectivity index (χ1n) is 9.42. The zero-order valence-electron chi connectivity index (χ0n) is 15.9. The number of hydrogen-bond acceptors (Lipinski definition) is 4. The summed E-state index contributed by atoms with van der Waals surface area (Å²) in [5.41, 5.74) is 5.30. The Kier molecular flexibility index (Phi) is 4.20. The molecule has 0 unspecified atom stereocenters. The highest BCUT2D eigenvalue weighted by atomic mass is 19.1. The molecule has 0 bridgehead atoms. The number of H-pyrrole nitrogens is 2. The molecule has 0 aliphatic carbocycles. The van der Waals surface area contributed by atoms with Crippen LogP contribution in [0.3, 0.4) is 0 Å². The minimum atomic E-state index is -0.298. The van der Waals surface area contributed by atoms with Crippen LogP contribution < -0.4 is 4.90 Å². The molecule has 0 aliphatic rings. The van der Waals surface area contributed by atoms with E-state index in [1.807, 2.05) is 36.5 Å². The fraction of sp³-hybridized carbons (Fsp3) is 0.136. The number of nitrogens with zero attached hydrogens (tertiary/aromatic N) is 4. The van der Waals surface area contributed by atoms with Crippen molar-refractivity contribution in [1.82, 2.24) is 25.1 Å². The molecule has 0 amide bonds. The number of rotatable bonds is 5. The maximum Gasteiger partial charge on any atom is 0.159 e. The van der Waals surface area contributed by atoms with Crippen LogP contribution in [0.1, 0.15) is 5.69 Å². The summed E-state index contributed by atoms with van der Waals surface area (Å²) >= 11 is 0. The average Bonchev–Trinajstić information content (AvgIpc) is 3.35. The molecule has 3 aromatic heterocycles. The number of pyridine rings is 1. The van der Waals surface area contributed by atoms with E-state index in [4.69, 9.17) is 0 Å². The van der Waals surface area contributed by atoms with Gasteiger partial charge < -0.3 is 9.88 Å². The van der Waals surface area contributed by atoms with E-state index >= 15 is 0 Å². The molecular formula is C22H19FN6. The number of aromatic nitrogens is 5. The van der Waals surface area contributed by atoms with Crippen molar-refractivity contribution in [3.05, 3.63) is 72.3 Å². The topological polar surface area (TPSA) is 73.5 Å². The molecule has 6 nitrogen and oxygen atoms in total. The Morgan fingerprint density at radius 3 is 2.83 bits per heavy atom. The van der Waals surface area contributed by atoms with Gasteiger partial charge in [0.15, 0.2) is 5.82 Å². The molecule has 0 fully saturated rings. The van der Waals surface area contributed by atoms with E-state index in [2.05, 4.69) is 43.2 Å². The molecular weight excluding hydrogens is 367 g/mol. The number of fused-ring (bicyclic) bond motifs is 2.